The molecule has 3 aromatic rings. The molecule has 54 heavy (non-hydrogen) atoms. The van der Waals surface area contributed by atoms with E-state index in [1.54, 1.807) is 30.3 Å². The van der Waals surface area contributed by atoms with Crippen LogP contribution < -0.4 is 9.47 Å². The molecule has 2 fully saturated rings. The zero-order valence-corrected chi connectivity index (χ0v) is 28.8. The van der Waals surface area contributed by atoms with Crippen molar-refractivity contribution in [3.63, 3.8) is 0 Å². The Labute approximate surface area is 309 Å². The molecule has 0 aromatic heterocycles. The molecule has 0 amide bonds. The Morgan fingerprint density at radius 2 is 1.02 bits per heavy atom. The maximum Gasteiger partial charge on any atom is 0.339 e. The first-order valence-electron chi connectivity index (χ1n) is 17.0. The maximum atomic E-state index is 13.3. The van der Waals surface area contributed by atoms with E-state index in [-0.39, 0.29) is 31.1 Å². The molecule has 0 saturated carbocycles. The van der Waals surface area contributed by atoms with Crippen molar-refractivity contribution in [1.82, 2.24) is 0 Å². The molecule has 294 valence electrons. The van der Waals surface area contributed by atoms with Crippen molar-refractivity contribution in [2.24, 2.45) is 0 Å². The summed E-state index contributed by atoms with van der Waals surface area (Å²) in [5, 5.41) is 90.6. The standard InChI is InChI=1S/C37H44O17/c38-16-25-28(41)30(43)32(45)34(53-25)51-23-10-6-21(7-11-23)18-49-27(40)15-37(48,14-20-4-2-1-3-5-20)36(47)50-19-22-8-12-24(13-9-22)52-35-33(46)31(44)29(42)26(17-39)54-35/h1-13,25-26,28-35,38-39,41-46,48H,14-19H2. The van der Waals surface area contributed by atoms with Gasteiger partial charge in [-0.05, 0) is 41.0 Å². The number of hydrogen-bond donors (Lipinski definition) is 9. The highest BCUT2D eigenvalue weighted by Crippen LogP contribution is 2.27. The van der Waals surface area contributed by atoms with E-state index in [9.17, 15) is 55.5 Å². The smallest absolute Gasteiger partial charge is 0.339 e. The number of rotatable bonds is 15. The van der Waals surface area contributed by atoms with Gasteiger partial charge >= 0.3 is 11.9 Å². The molecule has 2 aliphatic heterocycles. The number of carbonyl (C=O) groups is 2. The van der Waals surface area contributed by atoms with Crippen molar-refractivity contribution in [3.05, 3.63) is 95.6 Å². The van der Waals surface area contributed by atoms with E-state index in [1.165, 1.54) is 48.5 Å². The zero-order valence-electron chi connectivity index (χ0n) is 28.8. The number of carbonyl (C=O) groups excluding carboxylic acids is 2. The van der Waals surface area contributed by atoms with E-state index in [4.69, 9.17) is 28.4 Å². The quantitative estimate of drug-likeness (QED) is 0.0773. The Morgan fingerprint density at radius 1 is 0.574 bits per heavy atom. The van der Waals surface area contributed by atoms with Gasteiger partial charge in [-0.15, -0.1) is 0 Å². The van der Waals surface area contributed by atoms with E-state index in [1.807, 2.05) is 0 Å². The number of aliphatic hydroxyl groups excluding tert-OH is 8. The summed E-state index contributed by atoms with van der Waals surface area (Å²) in [4.78, 5) is 26.3. The van der Waals surface area contributed by atoms with Crippen molar-refractivity contribution in [3.8, 4) is 11.5 Å². The van der Waals surface area contributed by atoms with Crippen molar-refractivity contribution in [2.75, 3.05) is 13.2 Å². The summed E-state index contributed by atoms with van der Waals surface area (Å²) >= 11 is 0. The molecule has 11 unspecified atom stereocenters. The lowest BCUT2D eigenvalue weighted by molar-refractivity contribution is -0.277. The van der Waals surface area contributed by atoms with Crippen LogP contribution in [0.4, 0.5) is 0 Å². The molecule has 0 radical (unpaired) electrons. The highest BCUT2D eigenvalue weighted by molar-refractivity contribution is 5.86. The third-order valence-electron chi connectivity index (χ3n) is 8.97. The average Bonchev–Trinajstić information content (AvgIpc) is 3.17. The summed E-state index contributed by atoms with van der Waals surface area (Å²) in [6, 6.07) is 20.5. The molecule has 17 heteroatoms. The lowest BCUT2D eigenvalue weighted by Crippen LogP contribution is -2.60. The molecule has 0 spiro atoms. The molecule has 0 aliphatic carbocycles. The molecule has 2 heterocycles. The van der Waals surface area contributed by atoms with Crippen LogP contribution in [0, 0.1) is 0 Å². The second kappa shape index (κ2) is 18.4. The van der Waals surface area contributed by atoms with Gasteiger partial charge in [-0.2, -0.15) is 0 Å². The number of aliphatic hydroxyl groups is 9. The predicted molar refractivity (Wildman–Crippen MR) is 181 cm³/mol. The lowest BCUT2D eigenvalue weighted by Gasteiger charge is -2.39. The van der Waals surface area contributed by atoms with Crippen LogP contribution in [0.3, 0.4) is 0 Å². The van der Waals surface area contributed by atoms with Gasteiger partial charge < -0.3 is 74.4 Å². The largest absolute Gasteiger partial charge is 0.462 e. The Kier molecular flexibility index (Phi) is 13.9. The Hall–Kier alpha value is -4.24. The van der Waals surface area contributed by atoms with Gasteiger partial charge in [-0.1, -0.05) is 54.6 Å². The minimum Gasteiger partial charge on any atom is -0.462 e. The SMILES string of the molecule is O=C(CC(O)(Cc1ccccc1)C(=O)OCc1ccc(OC2OC(CO)C(O)C(O)C2O)cc1)OCc1ccc(OC2OC(CO)C(O)C(O)C2O)cc1. The minimum absolute atomic E-state index is 0.189. The van der Waals surface area contributed by atoms with Crippen LogP contribution in [0.2, 0.25) is 0 Å². The molecule has 11 atom stereocenters. The topological polar surface area (TPSA) is 272 Å². The second-order valence-corrected chi connectivity index (χ2v) is 13.0. The Bertz CT molecular complexity index is 1640. The molecule has 3 aromatic carbocycles. The number of hydrogen-bond acceptors (Lipinski definition) is 17. The van der Waals surface area contributed by atoms with Gasteiger partial charge in [0.2, 0.25) is 12.6 Å². The van der Waals surface area contributed by atoms with Gasteiger partial charge in [-0.25, -0.2) is 4.79 Å². The molecular weight excluding hydrogens is 716 g/mol. The normalized spacial score (nSPS) is 29.4. The monoisotopic (exact) mass is 760 g/mol. The van der Waals surface area contributed by atoms with Crippen LogP contribution in [0.25, 0.3) is 0 Å². The number of esters is 2. The van der Waals surface area contributed by atoms with Crippen molar-refractivity contribution in [2.45, 2.75) is 93.1 Å². The van der Waals surface area contributed by atoms with Crippen LogP contribution >= 0.6 is 0 Å². The predicted octanol–water partition coefficient (Wildman–Crippen LogP) is -1.81. The molecule has 2 aliphatic rings. The van der Waals surface area contributed by atoms with Crippen LogP contribution in [-0.2, 0) is 48.2 Å². The summed E-state index contributed by atoms with van der Waals surface area (Å²) in [5.41, 5.74) is -0.798. The van der Waals surface area contributed by atoms with Crippen LogP contribution in [0.5, 0.6) is 11.5 Å². The third-order valence-corrected chi connectivity index (χ3v) is 8.97. The zero-order chi connectivity index (χ0) is 39.0. The lowest BCUT2D eigenvalue weighted by atomic mass is 9.91. The van der Waals surface area contributed by atoms with Crippen molar-refractivity contribution >= 4 is 11.9 Å². The van der Waals surface area contributed by atoms with Gasteiger partial charge in [-0.3, -0.25) is 4.79 Å². The first-order chi connectivity index (χ1) is 25.8. The molecular formula is C37H44O17. The fourth-order valence-electron chi connectivity index (χ4n) is 5.80. The van der Waals surface area contributed by atoms with Gasteiger partial charge in [0.1, 0.15) is 73.5 Å². The maximum absolute atomic E-state index is 13.3. The fourth-order valence-corrected chi connectivity index (χ4v) is 5.80. The van der Waals surface area contributed by atoms with Crippen LogP contribution in [-0.4, -0.2) is 138 Å². The molecule has 5 rings (SSSR count). The summed E-state index contributed by atoms with van der Waals surface area (Å²) in [7, 11) is 0. The van der Waals surface area contributed by atoms with Crippen LogP contribution in [0.1, 0.15) is 23.1 Å². The minimum atomic E-state index is -2.31. The van der Waals surface area contributed by atoms with E-state index in [0.29, 0.717) is 16.7 Å². The number of ether oxygens (including phenoxy) is 6. The Balaban J connectivity index is 1.16. The summed E-state index contributed by atoms with van der Waals surface area (Å²) < 4.78 is 32.6. The van der Waals surface area contributed by atoms with Crippen molar-refractivity contribution in [1.29, 1.82) is 0 Å². The highest BCUT2D eigenvalue weighted by Gasteiger charge is 2.46. The van der Waals surface area contributed by atoms with E-state index >= 15 is 0 Å². The first-order valence-corrected chi connectivity index (χ1v) is 17.0. The fraction of sp³-hybridized carbons (Fsp3) is 0.459. The average molecular weight is 761 g/mol. The van der Waals surface area contributed by atoms with Gasteiger partial charge in [0, 0.05) is 6.42 Å². The third kappa shape index (κ3) is 10.1. The number of benzene rings is 3. The van der Waals surface area contributed by atoms with Gasteiger partial charge in [0.15, 0.2) is 5.60 Å². The van der Waals surface area contributed by atoms with E-state index in [2.05, 4.69) is 0 Å². The molecule has 2 saturated heterocycles. The van der Waals surface area contributed by atoms with E-state index < -0.39 is 98.6 Å². The van der Waals surface area contributed by atoms with E-state index in [0.717, 1.165) is 0 Å². The second-order valence-electron chi connectivity index (χ2n) is 13.0. The summed E-state index contributed by atoms with van der Waals surface area (Å²) in [5.74, 6) is -1.60. The Morgan fingerprint density at radius 3 is 1.46 bits per heavy atom. The van der Waals surface area contributed by atoms with Crippen molar-refractivity contribution < 1.29 is 84.0 Å². The van der Waals surface area contributed by atoms with Gasteiger partial charge in [0.05, 0.1) is 19.6 Å². The molecule has 0 bridgehead atoms. The van der Waals surface area contributed by atoms with Gasteiger partial charge in [0.25, 0.3) is 0 Å². The highest BCUT2D eigenvalue weighted by atomic mass is 16.7. The van der Waals surface area contributed by atoms with Crippen LogP contribution in [0.15, 0.2) is 78.9 Å². The molecule has 9 N–H and O–H groups in total. The first kappa shape index (κ1) is 40.9. The summed E-state index contributed by atoms with van der Waals surface area (Å²) in [6.45, 7) is -1.78. The molecule has 17 nitrogen and oxygen atoms in total. The summed E-state index contributed by atoms with van der Waals surface area (Å²) in [6.07, 6.45) is -15.6.